The third-order valence-electron chi connectivity index (χ3n) is 4.03. The van der Waals surface area contributed by atoms with Crippen molar-refractivity contribution in [3.8, 4) is 0 Å². The molecule has 3 N–H and O–H groups in total. The number of amides is 1. The number of nitrogens with one attached hydrogen (secondary N) is 1. The number of hydrogen-bond acceptors (Lipinski definition) is 4. The second-order valence-corrected chi connectivity index (χ2v) is 5.54. The summed E-state index contributed by atoms with van der Waals surface area (Å²) in [6.45, 7) is 1.85. The van der Waals surface area contributed by atoms with Crippen LogP contribution in [0.3, 0.4) is 0 Å². The lowest BCUT2D eigenvalue weighted by Crippen LogP contribution is -2.40. The number of aryl methyl sites for hydroxylation is 1. The SMILES string of the molecule is CCc1ccc(C(=O)NC2CCC(N)CC2)cc1[N+](=O)[O-]. The van der Waals surface area contributed by atoms with Gasteiger partial charge in [-0.1, -0.05) is 13.0 Å². The molecule has 0 spiro atoms. The number of nitro groups is 1. The molecule has 6 heteroatoms. The molecule has 0 aliphatic heterocycles. The summed E-state index contributed by atoms with van der Waals surface area (Å²) in [6.07, 6.45) is 4.10. The molecule has 1 aromatic rings. The maximum atomic E-state index is 12.2. The Morgan fingerprint density at radius 2 is 2.05 bits per heavy atom. The first-order valence-electron chi connectivity index (χ1n) is 7.35. The monoisotopic (exact) mass is 291 g/mol. The molecule has 1 aliphatic carbocycles. The van der Waals surface area contributed by atoms with Gasteiger partial charge in [0.05, 0.1) is 4.92 Å². The van der Waals surface area contributed by atoms with E-state index < -0.39 is 4.92 Å². The molecule has 1 aromatic carbocycles. The van der Waals surface area contributed by atoms with Crippen molar-refractivity contribution < 1.29 is 9.72 Å². The van der Waals surface area contributed by atoms with Crippen LogP contribution in [0.2, 0.25) is 0 Å². The van der Waals surface area contributed by atoms with E-state index in [0.29, 0.717) is 17.5 Å². The van der Waals surface area contributed by atoms with E-state index in [-0.39, 0.29) is 23.7 Å². The number of rotatable bonds is 4. The number of nitrogens with zero attached hydrogens (tertiary/aromatic N) is 1. The Bertz CT molecular complexity index is 537. The van der Waals surface area contributed by atoms with Gasteiger partial charge in [-0.2, -0.15) is 0 Å². The fourth-order valence-corrected chi connectivity index (χ4v) is 2.71. The van der Waals surface area contributed by atoms with Gasteiger partial charge in [0.2, 0.25) is 0 Å². The van der Waals surface area contributed by atoms with Crippen molar-refractivity contribution in [2.24, 2.45) is 5.73 Å². The van der Waals surface area contributed by atoms with Crippen molar-refractivity contribution in [1.82, 2.24) is 5.32 Å². The molecule has 0 unspecified atom stereocenters. The topological polar surface area (TPSA) is 98.3 Å². The maximum absolute atomic E-state index is 12.2. The second kappa shape index (κ2) is 6.67. The van der Waals surface area contributed by atoms with E-state index in [2.05, 4.69) is 5.32 Å². The van der Waals surface area contributed by atoms with Gasteiger partial charge >= 0.3 is 0 Å². The predicted octanol–water partition coefficient (Wildman–Crippen LogP) is 2.16. The summed E-state index contributed by atoms with van der Waals surface area (Å²) in [6, 6.07) is 5.01. The zero-order valence-corrected chi connectivity index (χ0v) is 12.2. The highest BCUT2D eigenvalue weighted by Crippen LogP contribution is 2.22. The first-order valence-corrected chi connectivity index (χ1v) is 7.35. The largest absolute Gasteiger partial charge is 0.349 e. The maximum Gasteiger partial charge on any atom is 0.273 e. The number of nitrogens with two attached hydrogens (primary N) is 1. The van der Waals surface area contributed by atoms with Crippen molar-refractivity contribution >= 4 is 11.6 Å². The highest BCUT2D eigenvalue weighted by atomic mass is 16.6. The van der Waals surface area contributed by atoms with E-state index in [1.54, 1.807) is 12.1 Å². The summed E-state index contributed by atoms with van der Waals surface area (Å²) in [5.74, 6) is -0.249. The van der Waals surface area contributed by atoms with E-state index >= 15 is 0 Å². The first kappa shape index (κ1) is 15.4. The van der Waals surface area contributed by atoms with Crippen molar-refractivity contribution in [1.29, 1.82) is 0 Å². The molecule has 1 fully saturated rings. The minimum Gasteiger partial charge on any atom is -0.349 e. The molecule has 1 amide bonds. The van der Waals surface area contributed by atoms with Crippen LogP contribution in [0.5, 0.6) is 0 Å². The molecule has 0 atom stereocenters. The Hall–Kier alpha value is -1.95. The summed E-state index contributed by atoms with van der Waals surface area (Å²) in [5, 5.41) is 14.0. The minimum absolute atomic E-state index is 0.0100. The van der Waals surface area contributed by atoms with Crippen LogP contribution in [0.1, 0.15) is 48.5 Å². The highest BCUT2D eigenvalue weighted by Gasteiger charge is 2.22. The van der Waals surface area contributed by atoms with Crippen molar-refractivity contribution in [2.45, 2.75) is 51.1 Å². The van der Waals surface area contributed by atoms with E-state index in [1.807, 2.05) is 6.92 Å². The summed E-state index contributed by atoms with van der Waals surface area (Å²) in [4.78, 5) is 22.8. The van der Waals surface area contributed by atoms with Gasteiger partial charge in [0.1, 0.15) is 0 Å². The number of carbonyl (C=O) groups is 1. The van der Waals surface area contributed by atoms with E-state index in [4.69, 9.17) is 5.73 Å². The minimum atomic E-state index is -0.435. The van der Waals surface area contributed by atoms with Crippen LogP contribution in [0.15, 0.2) is 18.2 Å². The number of benzene rings is 1. The summed E-state index contributed by atoms with van der Waals surface area (Å²) >= 11 is 0. The van der Waals surface area contributed by atoms with E-state index in [9.17, 15) is 14.9 Å². The Labute approximate surface area is 123 Å². The Morgan fingerprint density at radius 1 is 1.38 bits per heavy atom. The molecule has 114 valence electrons. The third kappa shape index (κ3) is 3.78. The average Bonchev–Trinajstić information content (AvgIpc) is 2.48. The number of carbonyl (C=O) groups excluding carboxylic acids is 1. The Kier molecular flexibility index (Phi) is 4.90. The molecule has 0 saturated heterocycles. The molecule has 2 rings (SSSR count). The van der Waals surface area contributed by atoms with Gasteiger partial charge in [0, 0.05) is 29.3 Å². The normalized spacial score (nSPS) is 21.8. The van der Waals surface area contributed by atoms with Crippen LogP contribution in [-0.4, -0.2) is 22.9 Å². The van der Waals surface area contributed by atoms with Crippen LogP contribution in [0, 0.1) is 10.1 Å². The summed E-state index contributed by atoms with van der Waals surface area (Å²) < 4.78 is 0. The highest BCUT2D eigenvalue weighted by molar-refractivity contribution is 5.95. The molecular weight excluding hydrogens is 270 g/mol. The van der Waals surface area contributed by atoms with Gasteiger partial charge in [-0.15, -0.1) is 0 Å². The fourth-order valence-electron chi connectivity index (χ4n) is 2.71. The van der Waals surface area contributed by atoms with Crippen molar-refractivity contribution in [2.75, 3.05) is 0 Å². The van der Waals surface area contributed by atoms with Crippen LogP contribution in [-0.2, 0) is 6.42 Å². The number of nitro benzene ring substituents is 1. The molecule has 0 radical (unpaired) electrons. The van der Waals surface area contributed by atoms with Gasteiger partial charge in [0.15, 0.2) is 0 Å². The van der Waals surface area contributed by atoms with Crippen LogP contribution >= 0.6 is 0 Å². The molecule has 0 bridgehead atoms. The first-order chi connectivity index (χ1) is 10.0. The molecule has 0 heterocycles. The van der Waals surface area contributed by atoms with Gasteiger partial charge in [-0.05, 0) is 38.2 Å². The Morgan fingerprint density at radius 3 is 2.62 bits per heavy atom. The van der Waals surface area contributed by atoms with Crippen molar-refractivity contribution in [3.63, 3.8) is 0 Å². The second-order valence-electron chi connectivity index (χ2n) is 5.54. The van der Waals surface area contributed by atoms with Gasteiger partial charge < -0.3 is 11.1 Å². The smallest absolute Gasteiger partial charge is 0.273 e. The molecule has 6 nitrogen and oxygen atoms in total. The third-order valence-corrected chi connectivity index (χ3v) is 4.03. The standard InChI is InChI=1S/C15H21N3O3/c1-2-10-3-4-11(9-14(10)18(20)21)15(19)17-13-7-5-12(16)6-8-13/h3-4,9,12-13H,2,5-8,16H2,1H3,(H,17,19). The lowest BCUT2D eigenvalue weighted by molar-refractivity contribution is -0.385. The van der Waals surface area contributed by atoms with Crippen molar-refractivity contribution in [3.05, 3.63) is 39.4 Å². The lowest BCUT2D eigenvalue weighted by atomic mass is 9.91. The molecule has 21 heavy (non-hydrogen) atoms. The number of hydrogen-bond donors (Lipinski definition) is 2. The summed E-state index contributed by atoms with van der Waals surface area (Å²) in [7, 11) is 0. The van der Waals surface area contributed by atoms with E-state index in [1.165, 1.54) is 6.07 Å². The molecular formula is C15H21N3O3. The average molecular weight is 291 g/mol. The van der Waals surface area contributed by atoms with E-state index in [0.717, 1.165) is 25.7 Å². The molecule has 1 saturated carbocycles. The summed E-state index contributed by atoms with van der Waals surface area (Å²) in [5.41, 5.74) is 6.83. The van der Waals surface area contributed by atoms with Crippen LogP contribution in [0.25, 0.3) is 0 Å². The van der Waals surface area contributed by atoms with Crippen LogP contribution < -0.4 is 11.1 Å². The predicted molar refractivity (Wildman–Crippen MR) is 80.2 cm³/mol. The zero-order valence-electron chi connectivity index (χ0n) is 12.2. The molecule has 0 aromatic heterocycles. The van der Waals surface area contributed by atoms with Gasteiger partial charge in [0.25, 0.3) is 11.6 Å². The van der Waals surface area contributed by atoms with Gasteiger partial charge in [-0.25, -0.2) is 0 Å². The zero-order chi connectivity index (χ0) is 15.4. The Balaban J connectivity index is 2.09. The molecule has 1 aliphatic rings. The van der Waals surface area contributed by atoms with Crippen LogP contribution in [0.4, 0.5) is 5.69 Å². The fraction of sp³-hybridized carbons (Fsp3) is 0.533. The van der Waals surface area contributed by atoms with Gasteiger partial charge in [-0.3, -0.25) is 14.9 Å². The lowest BCUT2D eigenvalue weighted by Gasteiger charge is -2.26. The quantitative estimate of drug-likeness (QED) is 0.656.